The van der Waals surface area contributed by atoms with Crippen LogP contribution in [0, 0.1) is 17.5 Å². The maximum Gasteiger partial charge on any atom is 0.311 e. The molecule has 0 aliphatic rings. The normalized spacial score (nSPS) is 10.1. The number of carbonyl (C=O) groups excluding carboxylic acids is 1. The van der Waals surface area contributed by atoms with Crippen LogP contribution in [0.2, 0.25) is 0 Å². The van der Waals surface area contributed by atoms with Gasteiger partial charge in [-0.15, -0.1) is 0 Å². The third kappa shape index (κ3) is 2.97. The van der Waals surface area contributed by atoms with E-state index in [1.807, 2.05) is 0 Å². The minimum atomic E-state index is -1.32. The van der Waals surface area contributed by atoms with Gasteiger partial charge in [-0.25, -0.2) is 13.2 Å². The molecule has 82 valence electrons. The van der Waals surface area contributed by atoms with E-state index >= 15 is 0 Å². The van der Waals surface area contributed by atoms with E-state index in [1.165, 1.54) is 0 Å². The zero-order chi connectivity index (χ0) is 11.4. The zero-order valence-electron chi connectivity index (χ0n) is 8.02. The van der Waals surface area contributed by atoms with E-state index in [-0.39, 0.29) is 6.42 Å². The van der Waals surface area contributed by atoms with E-state index in [0.29, 0.717) is 18.6 Å². The summed E-state index contributed by atoms with van der Waals surface area (Å²) in [5.74, 6) is -4.94. The Hall–Kier alpha value is -1.52. The number of esters is 1. The molecule has 1 aromatic carbocycles. The minimum absolute atomic E-state index is 0.0957. The van der Waals surface area contributed by atoms with Crippen molar-refractivity contribution in [3.63, 3.8) is 0 Å². The molecule has 0 saturated heterocycles. The predicted octanol–water partition coefficient (Wildman–Crippen LogP) is 2.81. The first kappa shape index (κ1) is 11.6. The van der Waals surface area contributed by atoms with E-state index in [2.05, 4.69) is 4.74 Å². The number of hydrogen-bond acceptors (Lipinski definition) is 2. The Bertz CT molecular complexity index is 377. The summed E-state index contributed by atoms with van der Waals surface area (Å²) in [6.45, 7) is 1.74. The van der Waals surface area contributed by atoms with Crippen molar-refractivity contribution in [2.75, 3.05) is 0 Å². The van der Waals surface area contributed by atoms with Crippen molar-refractivity contribution < 1.29 is 22.7 Å². The number of ether oxygens (including phenoxy) is 1. The lowest BCUT2D eigenvalue weighted by atomic mass is 10.3. The van der Waals surface area contributed by atoms with E-state index in [4.69, 9.17) is 0 Å². The molecule has 0 atom stereocenters. The second kappa shape index (κ2) is 4.82. The van der Waals surface area contributed by atoms with Crippen LogP contribution in [-0.2, 0) is 4.79 Å². The smallest absolute Gasteiger partial charge is 0.311 e. The maximum atomic E-state index is 12.9. The fourth-order valence-electron chi connectivity index (χ4n) is 0.960. The summed E-state index contributed by atoms with van der Waals surface area (Å²) in [5.41, 5.74) is 0. The summed E-state index contributed by atoms with van der Waals surface area (Å²) in [4.78, 5) is 11.0. The van der Waals surface area contributed by atoms with E-state index in [0.717, 1.165) is 0 Å². The second-order valence-electron chi connectivity index (χ2n) is 2.92. The molecular weight excluding hydrogens is 209 g/mol. The molecule has 1 aromatic rings. The molecule has 15 heavy (non-hydrogen) atoms. The summed E-state index contributed by atoms with van der Waals surface area (Å²) in [6, 6.07) is 0.849. The van der Waals surface area contributed by atoms with E-state index in [1.54, 1.807) is 6.92 Å². The molecule has 0 heterocycles. The number of rotatable bonds is 3. The molecule has 1 rings (SSSR count). The molecule has 0 spiro atoms. The molecule has 0 unspecified atom stereocenters. The van der Waals surface area contributed by atoms with E-state index < -0.39 is 29.2 Å². The lowest BCUT2D eigenvalue weighted by molar-refractivity contribution is -0.134. The largest absolute Gasteiger partial charge is 0.423 e. The topological polar surface area (TPSA) is 26.3 Å². The Labute approximate surface area is 84.7 Å². The quantitative estimate of drug-likeness (QED) is 0.443. The van der Waals surface area contributed by atoms with Crippen LogP contribution in [-0.4, -0.2) is 5.97 Å². The zero-order valence-corrected chi connectivity index (χ0v) is 8.02. The number of halogens is 3. The van der Waals surface area contributed by atoms with Gasteiger partial charge in [-0.05, 0) is 6.42 Å². The lowest BCUT2D eigenvalue weighted by Crippen LogP contribution is -2.08. The van der Waals surface area contributed by atoms with Gasteiger partial charge in [-0.1, -0.05) is 6.92 Å². The monoisotopic (exact) mass is 218 g/mol. The highest BCUT2D eigenvalue weighted by molar-refractivity contribution is 5.72. The van der Waals surface area contributed by atoms with E-state index in [9.17, 15) is 18.0 Å². The van der Waals surface area contributed by atoms with Gasteiger partial charge >= 0.3 is 5.97 Å². The highest BCUT2D eigenvalue weighted by atomic mass is 19.2. The van der Waals surface area contributed by atoms with Crippen molar-refractivity contribution in [1.82, 2.24) is 0 Å². The molecule has 5 heteroatoms. The fourth-order valence-corrected chi connectivity index (χ4v) is 0.960. The second-order valence-corrected chi connectivity index (χ2v) is 2.92. The van der Waals surface area contributed by atoms with Crippen LogP contribution in [0.1, 0.15) is 19.8 Å². The molecule has 0 amide bonds. The Morgan fingerprint density at radius 2 is 1.80 bits per heavy atom. The van der Waals surface area contributed by atoms with Gasteiger partial charge < -0.3 is 4.74 Å². The molecule has 0 aliphatic carbocycles. The summed E-state index contributed by atoms with van der Waals surface area (Å²) in [7, 11) is 0. The van der Waals surface area contributed by atoms with Crippen LogP contribution in [0.3, 0.4) is 0 Å². The van der Waals surface area contributed by atoms with Gasteiger partial charge in [-0.3, -0.25) is 4.79 Å². The SMILES string of the molecule is CCCC(=O)Oc1cc(F)c(F)cc1F. The van der Waals surface area contributed by atoms with Gasteiger partial charge in [-0.2, -0.15) is 0 Å². The standard InChI is InChI=1S/C10H9F3O2/c1-2-3-10(14)15-9-5-7(12)6(11)4-8(9)13/h4-5H,2-3H2,1H3. The van der Waals surface area contributed by atoms with Crippen LogP contribution in [0.4, 0.5) is 13.2 Å². The highest BCUT2D eigenvalue weighted by Gasteiger charge is 2.13. The molecule has 0 radical (unpaired) electrons. The van der Waals surface area contributed by atoms with Crippen LogP contribution >= 0.6 is 0 Å². The number of carbonyl (C=O) groups is 1. The van der Waals surface area contributed by atoms with Crippen LogP contribution in [0.15, 0.2) is 12.1 Å². The van der Waals surface area contributed by atoms with Crippen molar-refractivity contribution >= 4 is 5.97 Å². The Morgan fingerprint density at radius 3 is 2.40 bits per heavy atom. The average Bonchev–Trinajstić information content (AvgIpc) is 2.14. The summed E-state index contributed by atoms with van der Waals surface area (Å²) >= 11 is 0. The molecule has 0 bridgehead atoms. The first-order valence-corrected chi connectivity index (χ1v) is 4.39. The molecule has 0 fully saturated rings. The van der Waals surface area contributed by atoms with Gasteiger partial charge in [0.25, 0.3) is 0 Å². The van der Waals surface area contributed by atoms with Gasteiger partial charge in [0.15, 0.2) is 23.2 Å². The average molecular weight is 218 g/mol. The molecule has 0 N–H and O–H groups in total. The Morgan fingerprint density at radius 1 is 1.20 bits per heavy atom. The van der Waals surface area contributed by atoms with Crippen LogP contribution in [0.5, 0.6) is 5.75 Å². The minimum Gasteiger partial charge on any atom is -0.423 e. The fraction of sp³-hybridized carbons (Fsp3) is 0.300. The van der Waals surface area contributed by atoms with Gasteiger partial charge in [0.05, 0.1) is 0 Å². The highest BCUT2D eigenvalue weighted by Crippen LogP contribution is 2.21. The van der Waals surface area contributed by atoms with Gasteiger partial charge in [0, 0.05) is 18.6 Å². The third-order valence-electron chi connectivity index (χ3n) is 1.65. The molecule has 2 nitrogen and oxygen atoms in total. The van der Waals surface area contributed by atoms with Crippen LogP contribution in [0.25, 0.3) is 0 Å². The maximum absolute atomic E-state index is 12.9. The van der Waals surface area contributed by atoms with Crippen molar-refractivity contribution in [2.24, 2.45) is 0 Å². The predicted molar refractivity (Wildman–Crippen MR) is 46.9 cm³/mol. The van der Waals surface area contributed by atoms with Crippen molar-refractivity contribution in [3.8, 4) is 5.75 Å². The van der Waals surface area contributed by atoms with Crippen molar-refractivity contribution in [3.05, 3.63) is 29.6 Å². The van der Waals surface area contributed by atoms with Crippen molar-refractivity contribution in [1.29, 1.82) is 0 Å². The van der Waals surface area contributed by atoms with Crippen LogP contribution < -0.4 is 4.74 Å². The summed E-state index contributed by atoms with van der Waals surface area (Å²) in [6.07, 6.45) is 0.628. The number of benzene rings is 1. The number of hydrogen-bond donors (Lipinski definition) is 0. The molecule has 0 aliphatic heterocycles. The molecular formula is C10H9F3O2. The third-order valence-corrected chi connectivity index (χ3v) is 1.65. The first-order chi connectivity index (χ1) is 7.04. The Kier molecular flexibility index (Phi) is 3.71. The molecule has 0 saturated carbocycles. The van der Waals surface area contributed by atoms with Gasteiger partial charge in [0.1, 0.15) is 0 Å². The Balaban J connectivity index is 2.86. The first-order valence-electron chi connectivity index (χ1n) is 4.39. The van der Waals surface area contributed by atoms with Crippen molar-refractivity contribution in [2.45, 2.75) is 19.8 Å². The molecule has 0 aromatic heterocycles. The van der Waals surface area contributed by atoms with Gasteiger partial charge in [0.2, 0.25) is 0 Å². The summed E-state index contributed by atoms with van der Waals surface area (Å²) < 4.78 is 42.6. The summed E-state index contributed by atoms with van der Waals surface area (Å²) in [5, 5.41) is 0. The lowest BCUT2D eigenvalue weighted by Gasteiger charge is -2.04.